The van der Waals surface area contributed by atoms with E-state index in [1.54, 1.807) is 11.0 Å². The number of amides is 2. The van der Waals surface area contributed by atoms with Gasteiger partial charge < -0.3 is 19.1 Å². The van der Waals surface area contributed by atoms with Gasteiger partial charge in [-0.2, -0.15) is 0 Å². The van der Waals surface area contributed by atoms with Crippen LogP contribution in [-0.2, 0) is 10.2 Å². The molecule has 0 aliphatic carbocycles. The molecule has 0 saturated carbocycles. The average Bonchev–Trinajstić information content (AvgIpc) is 2.91. The minimum absolute atomic E-state index is 0.102. The average molecular weight is 452 g/mol. The first-order chi connectivity index (χ1) is 12.8. The molecule has 1 aromatic carbocycles. The molecule has 2 aliphatic heterocycles. The van der Waals surface area contributed by atoms with E-state index in [4.69, 9.17) is 49.0 Å². The summed E-state index contributed by atoms with van der Waals surface area (Å²) in [5.74, 6) is -1.18. The summed E-state index contributed by atoms with van der Waals surface area (Å²) in [5.41, 5.74) is 0.921. The summed E-state index contributed by atoms with van der Waals surface area (Å²) in [5, 5.41) is 2.64. The molecule has 156 valence electrons. The molecule has 1 N–H and O–H groups in total. The van der Waals surface area contributed by atoms with E-state index >= 15 is 0 Å². The molecule has 1 fully saturated rings. The van der Waals surface area contributed by atoms with E-state index in [-0.39, 0.29) is 17.6 Å². The molecule has 1 saturated heterocycles. The normalized spacial score (nSPS) is 27.6. The SMILES string of the molecule is CC1CN(C(=O)NC2(C(Cl)(Cl)Cl)Oc3ccc(C(C)(C)C)cc3O2)CC(C)O1. The molecule has 3 unspecified atom stereocenters. The number of hydrogen-bond donors (Lipinski definition) is 1. The number of rotatable bonds is 1. The number of nitrogens with one attached hydrogen (secondary N) is 1. The van der Waals surface area contributed by atoms with Gasteiger partial charge in [-0.3, -0.25) is 5.32 Å². The van der Waals surface area contributed by atoms with Crippen molar-refractivity contribution < 1.29 is 19.0 Å². The number of urea groups is 1. The van der Waals surface area contributed by atoms with Crippen LogP contribution in [0.25, 0.3) is 0 Å². The molecule has 3 atom stereocenters. The van der Waals surface area contributed by atoms with Crippen LogP contribution in [0.1, 0.15) is 40.2 Å². The van der Waals surface area contributed by atoms with E-state index in [2.05, 4.69) is 26.1 Å². The van der Waals surface area contributed by atoms with Crippen molar-refractivity contribution >= 4 is 40.8 Å². The smallest absolute Gasteiger partial charge is 0.389 e. The lowest BCUT2D eigenvalue weighted by Gasteiger charge is -2.39. The Balaban J connectivity index is 1.86. The zero-order chi connectivity index (χ0) is 20.9. The standard InChI is InChI=1S/C19H25Cl3N2O4/c1-11-9-24(10-12(2)26-11)16(25)23-19(18(20,21)22)27-14-7-6-13(17(3,4)5)8-15(14)28-19/h6-8,11-12H,9-10H2,1-5H3,(H,23,25). The maximum atomic E-state index is 12.9. The highest BCUT2D eigenvalue weighted by Gasteiger charge is 2.60. The summed E-state index contributed by atoms with van der Waals surface area (Å²) in [7, 11) is 0. The Morgan fingerprint density at radius 1 is 1.11 bits per heavy atom. The Kier molecular flexibility index (Phi) is 5.65. The fraction of sp³-hybridized carbons (Fsp3) is 0.632. The highest BCUT2D eigenvalue weighted by molar-refractivity contribution is 6.68. The number of alkyl halides is 3. The van der Waals surface area contributed by atoms with Gasteiger partial charge in [0.05, 0.1) is 12.2 Å². The molecule has 2 aliphatic rings. The zero-order valence-electron chi connectivity index (χ0n) is 16.5. The first-order valence-electron chi connectivity index (χ1n) is 9.12. The molecule has 3 rings (SSSR count). The quantitative estimate of drug-likeness (QED) is 0.634. The van der Waals surface area contributed by atoms with Crippen LogP contribution >= 0.6 is 34.8 Å². The lowest BCUT2D eigenvalue weighted by molar-refractivity contribution is -0.102. The molecule has 0 spiro atoms. The third-order valence-electron chi connectivity index (χ3n) is 4.67. The van der Waals surface area contributed by atoms with E-state index in [0.29, 0.717) is 24.6 Å². The summed E-state index contributed by atoms with van der Waals surface area (Å²) in [6.45, 7) is 10.8. The van der Waals surface area contributed by atoms with Crippen LogP contribution in [0.15, 0.2) is 18.2 Å². The number of ether oxygens (including phenoxy) is 3. The second kappa shape index (κ2) is 7.31. The van der Waals surface area contributed by atoms with Crippen molar-refractivity contribution in [2.75, 3.05) is 13.1 Å². The Hall–Kier alpha value is -1.08. The summed E-state index contributed by atoms with van der Waals surface area (Å²) in [4.78, 5) is 14.5. The van der Waals surface area contributed by atoms with Crippen LogP contribution in [0.2, 0.25) is 0 Å². The van der Waals surface area contributed by atoms with Gasteiger partial charge in [-0.25, -0.2) is 4.79 Å². The van der Waals surface area contributed by atoms with Gasteiger partial charge in [-0.1, -0.05) is 61.6 Å². The molecular weight excluding hydrogens is 427 g/mol. The van der Waals surface area contributed by atoms with Crippen LogP contribution in [-0.4, -0.2) is 45.9 Å². The number of carbonyl (C=O) groups is 1. The number of halogens is 3. The fourth-order valence-electron chi connectivity index (χ4n) is 3.27. The predicted octanol–water partition coefficient (Wildman–Crippen LogP) is 4.60. The summed E-state index contributed by atoms with van der Waals surface area (Å²) in [6, 6.07) is 5.04. The molecule has 6 nitrogen and oxygen atoms in total. The summed E-state index contributed by atoms with van der Waals surface area (Å²) < 4.78 is 15.3. The summed E-state index contributed by atoms with van der Waals surface area (Å²) in [6.07, 6.45) is -0.203. The molecule has 2 heterocycles. The Bertz CT molecular complexity index is 753. The monoisotopic (exact) mass is 450 g/mol. The fourth-order valence-corrected chi connectivity index (χ4v) is 3.64. The van der Waals surface area contributed by atoms with Crippen LogP contribution < -0.4 is 14.8 Å². The molecule has 0 aromatic heterocycles. The van der Waals surface area contributed by atoms with Crippen molar-refractivity contribution in [1.29, 1.82) is 0 Å². The molecule has 2 amide bonds. The maximum Gasteiger partial charge on any atom is 0.389 e. The van der Waals surface area contributed by atoms with Crippen LogP contribution in [0, 0.1) is 0 Å². The third kappa shape index (κ3) is 4.25. The van der Waals surface area contributed by atoms with E-state index < -0.39 is 15.7 Å². The molecule has 1 aromatic rings. The Labute approximate surface area is 180 Å². The zero-order valence-corrected chi connectivity index (χ0v) is 18.8. The minimum atomic E-state index is -2.08. The van der Waals surface area contributed by atoms with E-state index in [1.165, 1.54) is 0 Å². The number of nitrogens with zero attached hydrogens (tertiary/aromatic N) is 1. The maximum absolute atomic E-state index is 12.9. The van der Waals surface area contributed by atoms with Crippen LogP contribution in [0.4, 0.5) is 4.79 Å². The van der Waals surface area contributed by atoms with Gasteiger partial charge in [0.2, 0.25) is 0 Å². The van der Waals surface area contributed by atoms with Gasteiger partial charge in [0, 0.05) is 13.1 Å². The number of morpholine rings is 1. The lowest BCUT2D eigenvalue weighted by atomic mass is 9.87. The highest BCUT2D eigenvalue weighted by atomic mass is 35.6. The van der Waals surface area contributed by atoms with E-state index in [9.17, 15) is 4.79 Å². The second-order valence-corrected chi connectivity index (χ2v) is 10.6. The Morgan fingerprint density at radius 2 is 1.68 bits per heavy atom. The van der Waals surface area contributed by atoms with Gasteiger partial charge in [0.15, 0.2) is 11.5 Å². The Morgan fingerprint density at radius 3 is 2.21 bits per heavy atom. The number of hydrogen-bond acceptors (Lipinski definition) is 4. The van der Waals surface area contributed by atoms with Crippen molar-refractivity contribution in [3.63, 3.8) is 0 Å². The van der Waals surface area contributed by atoms with Crippen molar-refractivity contribution in [3.05, 3.63) is 23.8 Å². The largest absolute Gasteiger partial charge is 0.428 e. The lowest BCUT2D eigenvalue weighted by Crippen LogP contribution is -2.66. The number of carbonyl (C=O) groups excluding carboxylic acids is 1. The van der Waals surface area contributed by atoms with Gasteiger partial charge >= 0.3 is 11.9 Å². The number of benzene rings is 1. The van der Waals surface area contributed by atoms with Crippen LogP contribution in [0.3, 0.4) is 0 Å². The first kappa shape index (κ1) is 21.6. The number of fused-ring (bicyclic) bond motifs is 1. The second-order valence-electron chi connectivity index (χ2n) is 8.32. The third-order valence-corrected chi connectivity index (χ3v) is 5.42. The first-order valence-corrected chi connectivity index (χ1v) is 10.3. The molecular formula is C19H25Cl3N2O4. The molecule has 9 heteroatoms. The molecule has 28 heavy (non-hydrogen) atoms. The van der Waals surface area contributed by atoms with Crippen molar-refractivity contribution in [3.8, 4) is 11.5 Å². The van der Waals surface area contributed by atoms with Gasteiger partial charge in [0.1, 0.15) is 0 Å². The highest BCUT2D eigenvalue weighted by Crippen LogP contribution is 2.49. The predicted molar refractivity (Wildman–Crippen MR) is 110 cm³/mol. The van der Waals surface area contributed by atoms with Crippen molar-refractivity contribution in [2.45, 2.75) is 61.9 Å². The molecule has 0 bridgehead atoms. The molecule has 0 radical (unpaired) electrons. The van der Waals surface area contributed by atoms with Crippen molar-refractivity contribution in [1.82, 2.24) is 10.2 Å². The summed E-state index contributed by atoms with van der Waals surface area (Å²) >= 11 is 18.5. The van der Waals surface area contributed by atoms with Gasteiger partial charge in [-0.15, -0.1) is 0 Å². The van der Waals surface area contributed by atoms with E-state index in [0.717, 1.165) is 5.56 Å². The van der Waals surface area contributed by atoms with Gasteiger partial charge in [0.25, 0.3) is 3.79 Å². The van der Waals surface area contributed by atoms with E-state index in [1.807, 2.05) is 26.0 Å². The van der Waals surface area contributed by atoms with Gasteiger partial charge in [-0.05, 0) is 37.0 Å². The topological polar surface area (TPSA) is 60.0 Å². The minimum Gasteiger partial charge on any atom is -0.428 e. The van der Waals surface area contributed by atoms with Crippen molar-refractivity contribution in [2.24, 2.45) is 0 Å². The van der Waals surface area contributed by atoms with Crippen LogP contribution in [0.5, 0.6) is 11.5 Å².